The Morgan fingerprint density at radius 1 is 1.31 bits per heavy atom. The van der Waals surface area contributed by atoms with E-state index in [1.54, 1.807) is 0 Å². The third kappa shape index (κ3) is 2.31. The Bertz CT molecular complexity index is 414. The van der Waals surface area contributed by atoms with Crippen LogP contribution in [0.4, 0.5) is 26.3 Å². The number of hydrogen-bond acceptors (Lipinski definition) is 2. The summed E-state index contributed by atoms with van der Waals surface area (Å²) in [4.78, 5) is 12.7. The van der Waals surface area contributed by atoms with Gasteiger partial charge in [0, 0.05) is 6.07 Å². The van der Waals surface area contributed by atoms with Gasteiger partial charge in [-0.1, -0.05) is 0 Å². The zero-order valence-electron chi connectivity index (χ0n) is 7.36. The number of carbonyl (C=O) groups is 1. The lowest BCUT2D eigenvalue weighted by Gasteiger charge is -2.10. The van der Waals surface area contributed by atoms with Crippen molar-refractivity contribution in [2.45, 2.75) is 12.6 Å². The Balaban J connectivity index is 3.46. The van der Waals surface area contributed by atoms with E-state index < -0.39 is 35.4 Å². The van der Waals surface area contributed by atoms with Crippen LogP contribution in [-0.4, -0.2) is 11.3 Å². The quantitative estimate of drug-likeness (QED) is 0.590. The average molecular weight is 243 g/mol. The molecule has 88 valence electrons. The van der Waals surface area contributed by atoms with Crippen LogP contribution in [0.5, 0.6) is 0 Å². The Morgan fingerprint density at radius 3 is 2.25 bits per heavy atom. The second kappa shape index (κ2) is 4.11. The first-order valence-corrected chi connectivity index (χ1v) is 3.78. The number of aromatic nitrogens is 1. The van der Waals surface area contributed by atoms with E-state index in [9.17, 15) is 31.1 Å². The lowest BCUT2D eigenvalue weighted by molar-refractivity contribution is -0.141. The molecule has 0 saturated carbocycles. The number of nitrogens with zero attached hydrogens (tertiary/aromatic N) is 1. The van der Waals surface area contributed by atoms with Gasteiger partial charge in [-0.25, -0.2) is 18.2 Å². The molecule has 0 spiro atoms. The van der Waals surface area contributed by atoms with Gasteiger partial charge >= 0.3 is 6.18 Å². The van der Waals surface area contributed by atoms with Crippen LogP contribution in [0.15, 0.2) is 6.07 Å². The van der Waals surface area contributed by atoms with Gasteiger partial charge in [0.2, 0.25) is 0 Å². The molecular formula is C8H3F6NO. The van der Waals surface area contributed by atoms with Gasteiger partial charge < -0.3 is 0 Å². The van der Waals surface area contributed by atoms with Crippen molar-refractivity contribution in [1.82, 2.24) is 4.98 Å². The molecule has 0 amide bonds. The van der Waals surface area contributed by atoms with Crippen molar-refractivity contribution in [3.05, 3.63) is 28.8 Å². The van der Waals surface area contributed by atoms with Gasteiger partial charge in [0.25, 0.3) is 6.43 Å². The molecular weight excluding hydrogens is 240 g/mol. The maximum absolute atomic E-state index is 12.9. The van der Waals surface area contributed by atoms with E-state index in [4.69, 9.17) is 0 Å². The minimum absolute atomic E-state index is 0.102. The molecule has 0 aliphatic heterocycles. The van der Waals surface area contributed by atoms with Crippen LogP contribution in [0.3, 0.4) is 0 Å². The summed E-state index contributed by atoms with van der Waals surface area (Å²) < 4.78 is 73.6. The number of alkyl halides is 5. The summed E-state index contributed by atoms with van der Waals surface area (Å²) in [6, 6.07) is -0.102. The molecule has 1 rings (SSSR count). The standard InChI is InChI=1S/C8H3F6NO/c9-4-1-5(8(12,13)14)15-6(7(10)11)3(4)2-16/h1-2,7H. The molecule has 2 nitrogen and oxygen atoms in total. The van der Waals surface area contributed by atoms with Crippen LogP contribution in [-0.2, 0) is 6.18 Å². The summed E-state index contributed by atoms with van der Waals surface area (Å²) in [5.41, 5.74) is -4.48. The molecule has 1 aromatic rings. The zero-order chi connectivity index (χ0) is 12.5. The molecule has 0 N–H and O–H groups in total. The van der Waals surface area contributed by atoms with Gasteiger partial charge in [-0.2, -0.15) is 13.2 Å². The summed E-state index contributed by atoms with van der Waals surface area (Å²) in [5, 5.41) is 0. The fourth-order valence-corrected chi connectivity index (χ4v) is 0.971. The van der Waals surface area contributed by atoms with Crippen LogP contribution in [0, 0.1) is 5.82 Å². The molecule has 0 fully saturated rings. The third-order valence-corrected chi connectivity index (χ3v) is 1.65. The zero-order valence-corrected chi connectivity index (χ0v) is 7.36. The highest BCUT2D eigenvalue weighted by Crippen LogP contribution is 2.31. The molecule has 0 atom stereocenters. The van der Waals surface area contributed by atoms with Crippen molar-refractivity contribution in [3.8, 4) is 0 Å². The SMILES string of the molecule is O=Cc1c(F)cc(C(F)(F)F)nc1C(F)F. The molecule has 1 heterocycles. The minimum Gasteiger partial charge on any atom is -0.298 e. The van der Waals surface area contributed by atoms with Gasteiger partial charge in [0.05, 0.1) is 5.56 Å². The van der Waals surface area contributed by atoms with Crippen molar-refractivity contribution < 1.29 is 31.1 Å². The minimum atomic E-state index is -5.05. The smallest absolute Gasteiger partial charge is 0.298 e. The fourth-order valence-electron chi connectivity index (χ4n) is 0.971. The molecule has 0 aromatic carbocycles. The largest absolute Gasteiger partial charge is 0.433 e. The van der Waals surface area contributed by atoms with Gasteiger partial charge in [0.1, 0.15) is 17.2 Å². The topological polar surface area (TPSA) is 30.0 Å². The Hall–Kier alpha value is -1.60. The van der Waals surface area contributed by atoms with Crippen molar-refractivity contribution in [1.29, 1.82) is 0 Å². The number of rotatable bonds is 2. The molecule has 0 bridgehead atoms. The molecule has 0 radical (unpaired) electrons. The Kier molecular flexibility index (Phi) is 3.20. The predicted octanol–water partition coefficient (Wildman–Crippen LogP) is 2.99. The third-order valence-electron chi connectivity index (χ3n) is 1.65. The average Bonchev–Trinajstić information content (AvgIpc) is 2.14. The van der Waals surface area contributed by atoms with Gasteiger partial charge in [-0.05, 0) is 0 Å². The highest BCUT2D eigenvalue weighted by molar-refractivity contribution is 5.77. The molecule has 1 aromatic heterocycles. The second-order valence-corrected chi connectivity index (χ2v) is 2.70. The molecule has 16 heavy (non-hydrogen) atoms. The highest BCUT2D eigenvalue weighted by Gasteiger charge is 2.35. The molecule has 0 aliphatic rings. The van der Waals surface area contributed by atoms with E-state index >= 15 is 0 Å². The summed E-state index contributed by atoms with van der Waals surface area (Å²) in [5.74, 6) is -1.67. The van der Waals surface area contributed by atoms with E-state index in [1.807, 2.05) is 0 Å². The molecule has 8 heteroatoms. The number of hydrogen-bond donors (Lipinski definition) is 0. The normalized spacial score (nSPS) is 11.9. The van der Waals surface area contributed by atoms with Crippen LogP contribution in [0.25, 0.3) is 0 Å². The first-order valence-electron chi connectivity index (χ1n) is 3.78. The number of halogens is 6. The van der Waals surface area contributed by atoms with Crippen molar-refractivity contribution >= 4 is 6.29 Å². The van der Waals surface area contributed by atoms with E-state index in [-0.39, 0.29) is 12.4 Å². The van der Waals surface area contributed by atoms with Crippen LogP contribution >= 0.6 is 0 Å². The van der Waals surface area contributed by atoms with Gasteiger partial charge in [-0.3, -0.25) is 4.79 Å². The summed E-state index contributed by atoms with van der Waals surface area (Å²) >= 11 is 0. The molecule has 0 saturated heterocycles. The molecule has 0 aliphatic carbocycles. The maximum Gasteiger partial charge on any atom is 0.433 e. The second-order valence-electron chi connectivity index (χ2n) is 2.70. The van der Waals surface area contributed by atoms with Crippen molar-refractivity contribution in [2.75, 3.05) is 0 Å². The number of pyridine rings is 1. The van der Waals surface area contributed by atoms with E-state index in [0.29, 0.717) is 0 Å². The predicted molar refractivity (Wildman–Crippen MR) is 39.5 cm³/mol. The number of carbonyl (C=O) groups excluding carboxylic acids is 1. The highest BCUT2D eigenvalue weighted by atomic mass is 19.4. The maximum atomic E-state index is 12.9. The van der Waals surface area contributed by atoms with E-state index in [2.05, 4.69) is 4.98 Å². The van der Waals surface area contributed by atoms with Gasteiger partial charge in [0.15, 0.2) is 6.29 Å². The van der Waals surface area contributed by atoms with Crippen molar-refractivity contribution in [2.24, 2.45) is 0 Å². The lowest BCUT2D eigenvalue weighted by atomic mass is 10.1. The van der Waals surface area contributed by atoms with Crippen LogP contribution in [0.1, 0.15) is 28.2 Å². The summed E-state index contributed by atoms with van der Waals surface area (Å²) in [6.07, 6.45) is -8.81. The first kappa shape index (κ1) is 12.5. The van der Waals surface area contributed by atoms with E-state index in [1.165, 1.54) is 0 Å². The monoisotopic (exact) mass is 243 g/mol. The Morgan fingerprint density at radius 2 is 1.88 bits per heavy atom. The fraction of sp³-hybridized carbons (Fsp3) is 0.250. The van der Waals surface area contributed by atoms with Gasteiger partial charge in [-0.15, -0.1) is 0 Å². The first-order chi connectivity index (χ1) is 7.27. The summed E-state index contributed by atoms with van der Waals surface area (Å²) in [7, 11) is 0. The lowest BCUT2D eigenvalue weighted by Crippen LogP contribution is -2.13. The summed E-state index contributed by atoms with van der Waals surface area (Å²) in [6.45, 7) is 0. The van der Waals surface area contributed by atoms with E-state index in [0.717, 1.165) is 0 Å². The van der Waals surface area contributed by atoms with Crippen LogP contribution < -0.4 is 0 Å². The van der Waals surface area contributed by atoms with Crippen molar-refractivity contribution in [3.63, 3.8) is 0 Å². The molecule has 0 unspecified atom stereocenters. The Labute approximate surface area is 84.9 Å². The van der Waals surface area contributed by atoms with Crippen LogP contribution in [0.2, 0.25) is 0 Å². The number of aldehydes is 1.